The molecule has 0 bridgehead atoms. The number of anilines is 3. The maximum Gasteiger partial charge on any atom is 0.0726 e. The Labute approximate surface area is 361 Å². The van der Waals surface area contributed by atoms with Crippen LogP contribution < -0.4 is 4.90 Å². The van der Waals surface area contributed by atoms with Gasteiger partial charge >= 0.3 is 0 Å². The molecule has 0 N–H and O–H groups in total. The van der Waals surface area contributed by atoms with E-state index in [-0.39, 0.29) is 0 Å². The smallest absolute Gasteiger partial charge is 0.0726 e. The lowest BCUT2D eigenvalue weighted by Crippen LogP contribution is -2.26. The van der Waals surface area contributed by atoms with Gasteiger partial charge in [0.25, 0.3) is 0 Å². The van der Waals surface area contributed by atoms with E-state index in [9.17, 15) is 0 Å². The van der Waals surface area contributed by atoms with E-state index >= 15 is 0 Å². The van der Waals surface area contributed by atoms with Gasteiger partial charge in [0.2, 0.25) is 0 Å². The largest absolute Gasteiger partial charge is 0.309 e. The number of nitrogens with zero attached hydrogens (tertiary/aromatic N) is 1. The van der Waals surface area contributed by atoms with E-state index in [1.54, 1.807) is 0 Å². The van der Waals surface area contributed by atoms with Crippen LogP contribution in [-0.2, 0) is 5.41 Å². The minimum atomic E-state index is -0.470. The third kappa shape index (κ3) is 4.79. The van der Waals surface area contributed by atoms with Gasteiger partial charge in [-0.2, -0.15) is 0 Å². The highest BCUT2D eigenvalue weighted by Crippen LogP contribution is 2.63. The van der Waals surface area contributed by atoms with Crippen molar-refractivity contribution in [3.8, 4) is 44.5 Å². The van der Waals surface area contributed by atoms with Crippen molar-refractivity contribution in [3.63, 3.8) is 0 Å². The summed E-state index contributed by atoms with van der Waals surface area (Å²) >= 11 is 0. The Morgan fingerprint density at radius 1 is 0.258 bits per heavy atom. The maximum atomic E-state index is 2.56. The minimum absolute atomic E-state index is 0.470. The molecule has 0 heterocycles. The Kier molecular flexibility index (Phi) is 7.59. The zero-order valence-electron chi connectivity index (χ0n) is 34.0. The average Bonchev–Trinajstić information content (AvgIpc) is 3.82. The molecular weight excluding hydrogens is 747 g/mol. The molecule has 0 fully saturated rings. The molecular formula is C61H39N. The molecule has 11 aromatic carbocycles. The molecule has 288 valence electrons. The van der Waals surface area contributed by atoms with Crippen LogP contribution in [0.4, 0.5) is 17.1 Å². The maximum absolute atomic E-state index is 2.56. The van der Waals surface area contributed by atoms with Crippen molar-refractivity contribution in [2.24, 2.45) is 0 Å². The van der Waals surface area contributed by atoms with E-state index < -0.39 is 5.41 Å². The Bertz CT molecular complexity index is 3490. The van der Waals surface area contributed by atoms with E-state index in [4.69, 9.17) is 0 Å². The molecule has 0 amide bonds. The van der Waals surface area contributed by atoms with Crippen molar-refractivity contribution in [1.29, 1.82) is 0 Å². The molecule has 0 aromatic heterocycles. The summed E-state index contributed by atoms with van der Waals surface area (Å²) in [6.45, 7) is 0. The van der Waals surface area contributed by atoms with Crippen molar-refractivity contribution < 1.29 is 0 Å². The lowest BCUT2D eigenvalue weighted by atomic mass is 9.70. The van der Waals surface area contributed by atoms with Gasteiger partial charge in [0.1, 0.15) is 0 Å². The third-order valence-electron chi connectivity index (χ3n) is 13.7. The summed E-state index contributed by atoms with van der Waals surface area (Å²) in [5.74, 6) is 0. The molecule has 2 aliphatic carbocycles. The second-order valence-electron chi connectivity index (χ2n) is 16.7. The number of fused-ring (bicyclic) bond motifs is 16. The van der Waals surface area contributed by atoms with Gasteiger partial charge in [-0.15, -0.1) is 0 Å². The van der Waals surface area contributed by atoms with Crippen molar-refractivity contribution in [1.82, 2.24) is 0 Å². The van der Waals surface area contributed by atoms with Gasteiger partial charge in [-0.3, -0.25) is 0 Å². The Morgan fingerprint density at radius 2 is 0.677 bits per heavy atom. The summed E-state index contributed by atoms with van der Waals surface area (Å²) in [5.41, 5.74) is 18.2. The van der Waals surface area contributed by atoms with Crippen LogP contribution in [0.5, 0.6) is 0 Å². The summed E-state index contributed by atoms with van der Waals surface area (Å²) in [7, 11) is 0. The lowest BCUT2D eigenvalue weighted by Gasteiger charge is -2.33. The van der Waals surface area contributed by atoms with Crippen LogP contribution in [0, 0.1) is 0 Å². The van der Waals surface area contributed by atoms with Gasteiger partial charge in [0.05, 0.1) is 16.8 Å². The van der Waals surface area contributed by atoms with Gasteiger partial charge in [-0.1, -0.05) is 212 Å². The van der Waals surface area contributed by atoms with Gasteiger partial charge in [0, 0.05) is 16.6 Å². The quantitative estimate of drug-likeness (QED) is 0.157. The number of rotatable bonds is 5. The Hall–Kier alpha value is -8.00. The van der Waals surface area contributed by atoms with Gasteiger partial charge in [-0.05, 0) is 112 Å². The van der Waals surface area contributed by atoms with Crippen LogP contribution in [0.1, 0.15) is 22.3 Å². The van der Waals surface area contributed by atoms with Gasteiger partial charge in [-0.25, -0.2) is 0 Å². The number of hydrogen-bond donors (Lipinski definition) is 0. The number of hydrogen-bond acceptors (Lipinski definition) is 1. The molecule has 1 nitrogen and oxygen atoms in total. The highest BCUT2D eigenvalue weighted by Gasteiger charge is 2.51. The fourth-order valence-electron chi connectivity index (χ4n) is 11.2. The molecule has 62 heavy (non-hydrogen) atoms. The Morgan fingerprint density at radius 3 is 1.29 bits per heavy atom. The first-order chi connectivity index (χ1) is 30.8. The molecule has 1 spiro atoms. The summed E-state index contributed by atoms with van der Waals surface area (Å²) in [4.78, 5) is 2.56. The minimum Gasteiger partial charge on any atom is -0.309 e. The molecule has 1 heteroatoms. The topological polar surface area (TPSA) is 3.24 Å². The third-order valence-corrected chi connectivity index (χ3v) is 13.7. The van der Waals surface area contributed by atoms with E-state index in [2.05, 4.69) is 241 Å². The summed E-state index contributed by atoms with van der Waals surface area (Å²) < 4.78 is 0. The summed E-state index contributed by atoms with van der Waals surface area (Å²) in [6, 6.07) is 88.0. The van der Waals surface area contributed by atoms with Gasteiger partial charge in [0.15, 0.2) is 0 Å². The molecule has 0 radical (unpaired) electrons. The van der Waals surface area contributed by atoms with Crippen molar-refractivity contribution in [3.05, 3.63) is 259 Å². The summed E-state index contributed by atoms with van der Waals surface area (Å²) in [5, 5.41) is 7.51. The van der Waals surface area contributed by atoms with Crippen LogP contribution in [0.25, 0.3) is 76.8 Å². The highest BCUT2D eigenvalue weighted by atomic mass is 15.1. The number of benzene rings is 11. The molecule has 13 rings (SSSR count). The first-order valence-corrected chi connectivity index (χ1v) is 21.6. The fraction of sp³-hybridized carbons (Fsp3) is 0.0164. The molecule has 0 saturated carbocycles. The molecule has 2 aliphatic rings. The van der Waals surface area contributed by atoms with Crippen LogP contribution in [-0.4, -0.2) is 0 Å². The van der Waals surface area contributed by atoms with Crippen molar-refractivity contribution in [2.45, 2.75) is 5.41 Å². The summed E-state index contributed by atoms with van der Waals surface area (Å²) in [6.07, 6.45) is 0. The normalized spacial score (nSPS) is 13.0. The zero-order valence-corrected chi connectivity index (χ0v) is 34.0. The van der Waals surface area contributed by atoms with Crippen LogP contribution >= 0.6 is 0 Å². The molecule has 11 aromatic rings. The van der Waals surface area contributed by atoms with Gasteiger partial charge < -0.3 is 4.90 Å². The van der Waals surface area contributed by atoms with E-state index in [0.29, 0.717) is 0 Å². The monoisotopic (exact) mass is 785 g/mol. The average molecular weight is 786 g/mol. The molecule has 0 saturated heterocycles. The van der Waals surface area contributed by atoms with Crippen molar-refractivity contribution in [2.75, 3.05) is 4.90 Å². The SMILES string of the molecule is c1ccc(-c2ccccc2-c2ccccc2N(c2ccc3c(c2)C2(c4ccccc4-c4ccccc42)c2ccccc2-3)c2cccc3c4ccccc4c4ccccc4c23)cc1. The van der Waals surface area contributed by atoms with Crippen LogP contribution in [0.15, 0.2) is 237 Å². The second kappa shape index (κ2) is 13.5. The van der Waals surface area contributed by atoms with Crippen molar-refractivity contribution >= 4 is 49.4 Å². The van der Waals surface area contributed by atoms with Crippen LogP contribution in [0.2, 0.25) is 0 Å². The van der Waals surface area contributed by atoms with E-state index in [1.807, 2.05) is 0 Å². The highest BCUT2D eigenvalue weighted by molar-refractivity contribution is 6.29. The van der Waals surface area contributed by atoms with E-state index in [1.165, 1.54) is 99.1 Å². The second-order valence-corrected chi connectivity index (χ2v) is 16.7. The predicted molar refractivity (Wildman–Crippen MR) is 261 cm³/mol. The zero-order chi connectivity index (χ0) is 40.8. The fourth-order valence-corrected chi connectivity index (χ4v) is 11.2. The molecule has 0 aliphatic heterocycles. The first-order valence-electron chi connectivity index (χ1n) is 21.6. The first kappa shape index (κ1) is 34.8. The standard InChI is InChI=1S/C61H39N/c1-2-19-40(20-3-1)42-21-4-5-22-43(42)51-29-13-17-35-58(51)62(59-36-18-31-53-46-24-7-6-23-44(46)45-25-8-9-30-52(45)60(53)59)41-37-38-50-49-28-12-16-34-56(49)61(57(50)39-41)54-32-14-10-26-47(54)48-27-11-15-33-55(48)61/h1-39H. The Balaban J connectivity index is 1.15. The lowest BCUT2D eigenvalue weighted by molar-refractivity contribution is 0.793. The predicted octanol–water partition coefficient (Wildman–Crippen LogP) is 16.3. The van der Waals surface area contributed by atoms with Crippen LogP contribution in [0.3, 0.4) is 0 Å². The molecule has 0 atom stereocenters. The number of para-hydroxylation sites is 1. The van der Waals surface area contributed by atoms with E-state index in [0.717, 1.165) is 17.1 Å². The molecule has 0 unspecified atom stereocenters.